The number of nitrogens with one attached hydrogen (secondary N) is 1. The molecule has 0 saturated carbocycles. The van der Waals surface area contributed by atoms with Gasteiger partial charge in [-0.25, -0.2) is 4.98 Å². The number of aryl methyl sites for hydroxylation is 1. The summed E-state index contributed by atoms with van der Waals surface area (Å²) in [5.41, 5.74) is 0.833. The van der Waals surface area contributed by atoms with Gasteiger partial charge in [0.05, 0.1) is 12.1 Å². The number of anilines is 1. The quantitative estimate of drug-likeness (QED) is 0.837. The number of likely N-dealkylation sites (N-methyl/N-ethyl adjacent to an activating group) is 1. The summed E-state index contributed by atoms with van der Waals surface area (Å²) in [4.78, 5) is 28.4. The van der Waals surface area contributed by atoms with E-state index >= 15 is 0 Å². The predicted octanol–water partition coefficient (Wildman–Crippen LogP) is 1.32. The van der Waals surface area contributed by atoms with E-state index in [9.17, 15) is 9.59 Å². The van der Waals surface area contributed by atoms with Crippen LogP contribution in [0, 0.1) is 6.92 Å². The molecule has 1 aliphatic heterocycles. The van der Waals surface area contributed by atoms with E-state index in [1.54, 1.807) is 6.07 Å². The molecule has 0 aromatic carbocycles. The summed E-state index contributed by atoms with van der Waals surface area (Å²) in [6.45, 7) is 1.86. The number of pyridine rings is 1. The lowest BCUT2D eigenvalue weighted by Crippen LogP contribution is -2.32. The first-order valence-electron chi connectivity index (χ1n) is 5.19. The molecule has 1 aliphatic rings. The van der Waals surface area contributed by atoms with Gasteiger partial charge in [-0.05, 0) is 35.0 Å². The van der Waals surface area contributed by atoms with E-state index < -0.39 is 6.04 Å². The van der Waals surface area contributed by atoms with Crippen LogP contribution in [0.5, 0.6) is 0 Å². The summed E-state index contributed by atoms with van der Waals surface area (Å²) in [6, 6.07) is 3.13. The first kappa shape index (κ1) is 12.0. The second-order valence-corrected chi connectivity index (χ2v) is 4.81. The number of hydrogen-bond donors (Lipinski definition) is 1. The van der Waals surface area contributed by atoms with E-state index in [1.807, 2.05) is 13.0 Å². The number of aromatic nitrogens is 1. The molecule has 0 aliphatic carbocycles. The molecule has 1 aromatic heterocycles. The molecular weight excluding hydrogens is 286 g/mol. The first-order valence-corrected chi connectivity index (χ1v) is 5.98. The fourth-order valence-electron chi connectivity index (χ4n) is 1.67. The van der Waals surface area contributed by atoms with Gasteiger partial charge in [0, 0.05) is 11.5 Å². The van der Waals surface area contributed by atoms with Crippen LogP contribution < -0.4 is 5.32 Å². The summed E-state index contributed by atoms with van der Waals surface area (Å²) in [6.07, 6.45) is 0.187. The minimum absolute atomic E-state index is 0.165. The van der Waals surface area contributed by atoms with Crippen LogP contribution in [-0.4, -0.2) is 34.8 Å². The number of carbonyl (C=O) groups excluding carboxylic acids is 2. The number of nitrogens with zero attached hydrogens (tertiary/aromatic N) is 2. The van der Waals surface area contributed by atoms with Crippen LogP contribution in [0.25, 0.3) is 0 Å². The summed E-state index contributed by atoms with van der Waals surface area (Å²) >= 11 is 3.35. The smallest absolute Gasteiger partial charge is 0.251 e. The molecule has 90 valence electrons. The average molecular weight is 298 g/mol. The molecule has 1 atom stereocenters. The fourth-order valence-corrected chi connectivity index (χ4v) is 1.89. The van der Waals surface area contributed by atoms with E-state index in [4.69, 9.17) is 0 Å². The maximum Gasteiger partial charge on any atom is 0.251 e. The molecule has 6 heteroatoms. The number of amides is 2. The number of carbonyl (C=O) groups is 2. The molecule has 2 amide bonds. The molecule has 1 saturated heterocycles. The molecule has 2 rings (SSSR count). The predicted molar refractivity (Wildman–Crippen MR) is 66.5 cm³/mol. The van der Waals surface area contributed by atoms with Crippen LogP contribution in [-0.2, 0) is 9.59 Å². The van der Waals surface area contributed by atoms with Crippen molar-refractivity contribution in [2.75, 3.05) is 12.4 Å². The Hall–Kier alpha value is -1.43. The van der Waals surface area contributed by atoms with E-state index in [0.717, 1.165) is 15.1 Å². The third kappa shape index (κ3) is 2.31. The van der Waals surface area contributed by atoms with Crippen molar-refractivity contribution < 1.29 is 9.59 Å². The van der Waals surface area contributed by atoms with E-state index in [-0.39, 0.29) is 18.2 Å². The second-order valence-electron chi connectivity index (χ2n) is 3.96. The molecule has 1 fully saturated rings. The third-order valence-corrected chi connectivity index (χ3v) is 3.56. The second kappa shape index (κ2) is 4.44. The van der Waals surface area contributed by atoms with Crippen molar-refractivity contribution in [1.82, 2.24) is 9.88 Å². The molecule has 1 N–H and O–H groups in total. The molecule has 1 aromatic rings. The van der Waals surface area contributed by atoms with Gasteiger partial charge in [0.1, 0.15) is 11.9 Å². The Labute approximate surface area is 107 Å². The van der Waals surface area contributed by atoms with E-state index in [2.05, 4.69) is 26.2 Å². The van der Waals surface area contributed by atoms with Crippen molar-refractivity contribution in [3.8, 4) is 0 Å². The number of likely N-dealkylation sites (tertiary alicyclic amines) is 1. The van der Waals surface area contributed by atoms with Crippen LogP contribution in [0.15, 0.2) is 16.6 Å². The molecule has 0 spiro atoms. The molecule has 0 bridgehead atoms. The highest BCUT2D eigenvalue weighted by Crippen LogP contribution is 2.19. The Morgan fingerprint density at radius 3 is 2.71 bits per heavy atom. The van der Waals surface area contributed by atoms with Crippen molar-refractivity contribution in [3.05, 3.63) is 22.3 Å². The van der Waals surface area contributed by atoms with Gasteiger partial charge >= 0.3 is 0 Å². The normalized spacial score (nSPS) is 19.9. The van der Waals surface area contributed by atoms with Crippen molar-refractivity contribution in [1.29, 1.82) is 0 Å². The van der Waals surface area contributed by atoms with Gasteiger partial charge < -0.3 is 5.32 Å². The fraction of sp³-hybridized carbons (Fsp3) is 0.364. The van der Waals surface area contributed by atoms with Crippen molar-refractivity contribution in [3.63, 3.8) is 0 Å². The zero-order valence-electron chi connectivity index (χ0n) is 9.53. The number of imide groups is 1. The van der Waals surface area contributed by atoms with Crippen molar-refractivity contribution in [2.45, 2.75) is 19.4 Å². The van der Waals surface area contributed by atoms with Gasteiger partial charge in [0.2, 0.25) is 5.91 Å². The number of hydrogen-bond acceptors (Lipinski definition) is 4. The minimum atomic E-state index is -0.499. The van der Waals surface area contributed by atoms with Crippen LogP contribution in [0.3, 0.4) is 0 Å². The molecule has 0 radical (unpaired) electrons. The third-order valence-electron chi connectivity index (χ3n) is 2.72. The van der Waals surface area contributed by atoms with Crippen LogP contribution in [0.2, 0.25) is 0 Å². The van der Waals surface area contributed by atoms with Gasteiger partial charge in [0.25, 0.3) is 5.91 Å². The monoisotopic (exact) mass is 297 g/mol. The summed E-state index contributed by atoms with van der Waals surface area (Å²) < 4.78 is 0.911. The van der Waals surface area contributed by atoms with E-state index in [0.29, 0.717) is 5.82 Å². The number of rotatable bonds is 2. The Morgan fingerprint density at radius 2 is 2.18 bits per heavy atom. The molecule has 1 unspecified atom stereocenters. The lowest BCUT2D eigenvalue weighted by Gasteiger charge is -2.12. The Bertz CT molecular complexity index is 490. The highest BCUT2D eigenvalue weighted by atomic mass is 79.9. The summed E-state index contributed by atoms with van der Waals surface area (Å²) in [5, 5.41) is 2.98. The first-order chi connectivity index (χ1) is 7.99. The van der Waals surface area contributed by atoms with Crippen molar-refractivity contribution >= 4 is 33.6 Å². The maximum absolute atomic E-state index is 11.7. The van der Waals surface area contributed by atoms with Gasteiger partial charge in [-0.3, -0.25) is 14.5 Å². The lowest BCUT2D eigenvalue weighted by atomic mass is 10.2. The van der Waals surface area contributed by atoms with Gasteiger partial charge in [0.15, 0.2) is 0 Å². The topological polar surface area (TPSA) is 62.3 Å². The van der Waals surface area contributed by atoms with Crippen LogP contribution in [0.4, 0.5) is 5.82 Å². The Morgan fingerprint density at radius 1 is 1.47 bits per heavy atom. The van der Waals surface area contributed by atoms with Gasteiger partial charge in [-0.1, -0.05) is 0 Å². The van der Waals surface area contributed by atoms with Gasteiger partial charge in [-0.15, -0.1) is 0 Å². The average Bonchev–Trinajstić information content (AvgIpc) is 2.52. The highest BCUT2D eigenvalue weighted by Gasteiger charge is 2.36. The zero-order chi connectivity index (χ0) is 12.6. The van der Waals surface area contributed by atoms with Gasteiger partial charge in [-0.2, -0.15) is 0 Å². The maximum atomic E-state index is 11.7. The highest BCUT2D eigenvalue weighted by molar-refractivity contribution is 9.10. The van der Waals surface area contributed by atoms with Crippen LogP contribution >= 0.6 is 15.9 Å². The van der Waals surface area contributed by atoms with Crippen LogP contribution in [0.1, 0.15) is 12.1 Å². The molecule has 5 nitrogen and oxygen atoms in total. The standard InChI is InChI=1S/C11H12BrN3O2/c1-6-7(12)3-4-9(13-6)14-8-5-10(16)15(2)11(8)17/h3-4,8H,5H2,1-2H3,(H,13,14). The Kier molecular flexibility index (Phi) is 3.15. The largest absolute Gasteiger partial charge is 0.358 e. The van der Waals surface area contributed by atoms with Crippen molar-refractivity contribution in [2.24, 2.45) is 0 Å². The molecule has 17 heavy (non-hydrogen) atoms. The molecule has 2 heterocycles. The summed E-state index contributed by atoms with van der Waals surface area (Å²) in [7, 11) is 1.49. The minimum Gasteiger partial charge on any atom is -0.358 e. The summed E-state index contributed by atoms with van der Waals surface area (Å²) in [5.74, 6) is 0.228. The Balaban J connectivity index is 2.14. The zero-order valence-corrected chi connectivity index (χ0v) is 11.1. The lowest BCUT2D eigenvalue weighted by molar-refractivity contribution is -0.136. The van der Waals surface area contributed by atoms with E-state index in [1.165, 1.54) is 7.05 Å². The molecular formula is C11H12BrN3O2. The SMILES string of the molecule is Cc1nc(NC2CC(=O)N(C)C2=O)ccc1Br. The number of halogens is 1.